The minimum absolute atomic E-state index is 0.0734. The molecule has 1 unspecified atom stereocenters. The average Bonchev–Trinajstić information content (AvgIpc) is 2.44. The van der Waals surface area contributed by atoms with Crippen LogP contribution in [0.5, 0.6) is 0 Å². The molecule has 1 aromatic rings. The second kappa shape index (κ2) is 5.85. The number of rotatable bonds is 5. The van der Waals surface area contributed by atoms with Crippen molar-refractivity contribution in [3.05, 3.63) is 35.4 Å². The Morgan fingerprint density at radius 3 is 2.83 bits per heavy atom. The number of likely N-dealkylation sites (N-methyl/N-ethyl adjacent to an activating group) is 1. The van der Waals surface area contributed by atoms with Crippen LogP contribution in [0.15, 0.2) is 24.3 Å². The fraction of sp³-hybridized carbons (Fsp3) is 0.625. The molecule has 2 N–H and O–H groups in total. The maximum Gasteiger partial charge on any atom is 0.0584 e. The Labute approximate surface area is 111 Å². The van der Waals surface area contributed by atoms with E-state index >= 15 is 0 Å². The van der Waals surface area contributed by atoms with Gasteiger partial charge in [-0.1, -0.05) is 37.6 Å². The molecule has 0 amide bonds. The maximum absolute atomic E-state index is 6.18. The van der Waals surface area contributed by atoms with Crippen LogP contribution in [0, 0.1) is 0 Å². The lowest BCUT2D eigenvalue weighted by Gasteiger charge is -2.45. The standard InChI is InChI=1S/C16H26N2/c1-3-4-12-18(2)16(13-17)11-7-9-14-8-5-6-10-15(14)16/h5-6,8,10H,3-4,7,9,11-13,17H2,1-2H3. The number of hydrogen-bond donors (Lipinski definition) is 1. The summed E-state index contributed by atoms with van der Waals surface area (Å²) in [6, 6.07) is 8.86. The van der Waals surface area contributed by atoms with Gasteiger partial charge in [-0.2, -0.15) is 0 Å². The molecule has 1 atom stereocenters. The SMILES string of the molecule is CCCCN(C)C1(CN)CCCc2ccccc21. The number of fused-ring (bicyclic) bond motifs is 1. The van der Waals surface area contributed by atoms with Gasteiger partial charge in [0.2, 0.25) is 0 Å². The molecule has 1 aromatic carbocycles. The molecule has 18 heavy (non-hydrogen) atoms. The Bertz CT molecular complexity index is 388. The van der Waals surface area contributed by atoms with Crippen molar-refractivity contribution in [3.63, 3.8) is 0 Å². The molecule has 0 saturated heterocycles. The van der Waals surface area contributed by atoms with E-state index < -0.39 is 0 Å². The van der Waals surface area contributed by atoms with E-state index in [1.807, 2.05) is 0 Å². The maximum atomic E-state index is 6.18. The van der Waals surface area contributed by atoms with Crippen LogP contribution in [0.1, 0.15) is 43.7 Å². The van der Waals surface area contributed by atoms with E-state index in [1.54, 1.807) is 0 Å². The zero-order chi connectivity index (χ0) is 13.0. The van der Waals surface area contributed by atoms with Crippen molar-refractivity contribution in [1.82, 2.24) is 4.90 Å². The summed E-state index contributed by atoms with van der Waals surface area (Å²) in [6.07, 6.45) is 6.15. The minimum Gasteiger partial charge on any atom is -0.328 e. The first-order valence-electron chi connectivity index (χ1n) is 7.24. The average molecular weight is 246 g/mol. The highest BCUT2D eigenvalue weighted by Crippen LogP contribution is 2.38. The molecule has 0 heterocycles. The normalized spacial score (nSPS) is 23.1. The highest BCUT2D eigenvalue weighted by molar-refractivity contribution is 5.36. The summed E-state index contributed by atoms with van der Waals surface area (Å²) in [7, 11) is 2.24. The minimum atomic E-state index is 0.0734. The molecule has 2 nitrogen and oxygen atoms in total. The summed E-state index contributed by atoms with van der Waals surface area (Å²) in [5.41, 5.74) is 9.22. The molecule has 100 valence electrons. The number of aryl methyl sites for hydroxylation is 1. The van der Waals surface area contributed by atoms with Crippen molar-refractivity contribution in [2.24, 2.45) is 5.73 Å². The van der Waals surface area contributed by atoms with Gasteiger partial charge in [-0.25, -0.2) is 0 Å². The van der Waals surface area contributed by atoms with Gasteiger partial charge in [0.15, 0.2) is 0 Å². The number of nitrogens with two attached hydrogens (primary N) is 1. The Morgan fingerprint density at radius 2 is 2.11 bits per heavy atom. The second-order valence-electron chi connectivity index (χ2n) is 5.52. The van der Waals surface area contributed by atoms with Gasteiger partial charge >= 0.3 is 0 Å². The van der Waals surface area contributed by atoms with E-state index in [1.165, 1.54) is 43.2 Å². The molecule has 0 aromatic heterocycles. The Hall–Kier alpha value is -0.860. The zero-order valence-corrected chi connectivity index (χ0v) is 11.8. The third kappa shape index (κ3) is 2.32. The van der Waals surface area contributed by atoms with Crippen LogP contribution in [0.4, 0.5) is 0 Å². The lowest BCUT2D eigenvalue weighted by molar-refractivity contribution is 0.102. The van der Waals surface area contributed by atoms with Gasteiger partial charge in [-0.05, 0) is 50.4 Å². The highest BCUT2D eigenvalue weighted by Gasteiger charge is 2.38. The molecule has 0 spiro atoms. The van der Waals surface area contributed by atoms with Crippen LogP contribution in [-0.4, -0.2) is 25.0 Å². The molecule has 1 aliphatic carbocycles. The molecule has 2 heteroatoms. The zero-order valence-electron chi connectivity index (χ0n) is 11.8. The number of unbranched alkanes of at least 4 members (excludes halogenated alkanes) is 1. The molecule has 0 aliphatic heterocycles. The third-order valence-corrected chi connectivity index (χ3v) is 4.47. The van der Waals surface area contributed by atoms with Gasteiger partial charge in [0.05, 0.1) is 5.54 Å². The van der Waals surface area contributed by atoms with Crippen LogP contribution in [0.3, 0.4) is 0 Å². The molecular formula is C16H26N2. The topological polar surface area (TPSA) is 29.3 Å². The smallest absolute Gasteiger partial charge is 0.0584 e. The van der Waals surface area contributed by atoms with Crippen molar-refractivity contribution in [3.8, 4) is 0 Å². The summed E-state index contributed by atoms with van der Waals surface area (Å²) < 4.78 is 0. The summed E-state index contributed by atoms with van der Waals surface area (Å²) in [4.78, 5) is 2.49. The van der Waals surface area contributed by atoms with E-state index in [9.17, 15) is 0 Å². The summed E-state index contributed by atoms with van der Waals surface area (Å²) in [5.74, 6) is 0. The first-order valence-corrected chi connectivity index (χ1v) is 7.24. The lowest BCUT2D eigenvalue weighted by atomic mass is 9.75. The summed E-state index contributed by atoms with van der Waals surface area (Å²) >= 11 is 0. The van der Waals surface area contributed by atoms with Crippen molar-refractivity contribution < 1.29 is 0 Å². The van der Waals surface area contributed by atoms with Crippen LogP contribution >= 0.6 is 0 Å². The van der Waals surface area contributed by atoms with Crippen LogP contribution in [-0.2, 0) is 12.0 Å². The van der Waals surface area contributed by atoms with Gasteiger partial charge < -0.3 is 5.73 Å². The molecule has 1 aliphatic rings. The van der Waals surface area contributed by atoms with E-state index in [0.29, 0.717) is 0 Å². The fourth-order valence-corrected chi connectivity index (χ4v) is 3.27. The van der Waals surface area contributed by atoms with Crippen LogP contribution < -0.4 is 5.73 Å². The van der Waals surface area contributed by atoms with Gasteiger partial charge in [0, 0.05) is 6.54 Å². The number of benzene rings is 1. The van der Waals surface area contributed by atoms with Gasteiger partial charge in [0.25, 0.3) is 0 Å². The summed E-state index contributed by atoms with van der Waals surface area (Å²) in [5, 5.41) is 0. The molecule has 0 bridgehead atoms. The van der Waals surface area contributed by atoms with Gasteiger partial charge in [-0.15, -0.1) is 0 Å². The molecular weight excluding hydrogens is 220 g/mol. The first-order chi connectivity index (χ1) is 8.74. The van der Waals surface area contributed by atoms with E-state index in [4.69, 9.17) is 5.73 Å². The Balaban J connectivity index is 2.32. The van der Waals surface area contributed by atoms with E-state index in [-0.39, 0.29) is 5.54 Å². The Kier molecular flexibility index (Phi) is 4.41. The number of hydrogen-bond acceptors (Lipinski definition) is 2. The molecule has 0 fully saturated rings. The van der Waals surface area contributed by atoms with Crippen LogP contribution in [0.2, 0.25) is 0 Å². The van der Waals surface area contributed by atoms with Crippen molar-refractivity contribution in [2.75, 3.05) is 20.1 Å². The number of nitrogens with zero attached hydrogens (tertiary/aromatic N) is 1. The van der Waals surface area contributed by atoms with Gasteiger partial charge in [-0.3, -0.25) is 4.90 Å². The third-order valence-electron chi connectivity index (χ3n) is 4.47. The largest absolute Gasteiger partial charge is 0.328 e. The predicted octanol–water partition coefficient (Wildman–Crippen LogP) is 2.91. The van der Waals surface area contributed by atoms with E-state index in [2.05, 4.69) is 43.1 Å². The van der Waals surface area contributed by atoms with Crippen molar-refractivity contribution in [1.29, 1.82) is 0 Å². The lowest BCUT2D eigenvalue weighted by Crippen LogP contribution is -2.51. The highest BCUT2D eigenvalue weighted by atomic mass is 15.2. The second-order valence-corrected chi connectivity index (χ2v) is 5.52. The molecule has 0 radical (unpaired) electrons. The fourth-order valence-electron chi connectivity index (χ4n) is 3.27. The van der Waals surface area contributed by atoms with Gasteiger partial charge in [0.1, 0.15) is 0 Å². The molecule has 0 saturated carbocycles. The Morgan fingerprint density at radius 1 is 1.33 bits per heavy atom. The predicted molar refractivity (Wildman–Crippen MR) is 77.7 cm³/mol. The quantitative estimate of drug-likeness (QED) is 0.865. The van der Waals surface area contributed by atoms with Crippen molar-refractivity contribution >= 4 is 0 Å². The molecule has 2 rings (SSSR count). The van der Waals surface area contributed by atoms with Crippen LogP contribution in [0.25, 0.3) is 0 Å². The van der Waals surface area contributed by atoms with Crippen molar-refractivity contribution in [2.45, 2.75) is 44.6 Å². The first kappa shape index (κ1) is 13.6. The summed E-state index contributed by atoms with van der Waals surface area (Å²) in [6.45, 7) is 4.12. The van der Waals surface area contributed by atoms with E-state index in [0.717, 1.165) is 13.1 Å². The monoisotopic (exact) mass is 246 g/mol.